The minimum atomic E-state index is 0.0865. The van der Waals surface area contributed by atoms with Gasteiger partial charge in [-0.05, 0) is 62.7 Å². The van der Waals surface area contributed by atoms with E-state index in [2.05, 4.69) is 31.2 Å². The molecule has 2 rings (SSSR count). The maximum atomic E-state index is 12.8. The van der Waals surface area contributed by atoms with E-state index in [1.54, 1.807) is 11.8 Å². The van der Waals surface area contributed by atoms with Crippen molar-refractivity contribution in [1.82, 2.24) is 0 Å². The maximum absolute atomic E-state index is 12.8. The number of thioether (sulfide) groups is 1. The number of unbranched alkanes of at least 4 members (excludes halogenated alkanes) is 5. The molecule has 0 spiro atoms. The van der Waals surface area contributed by atoms with Crippen molar-refractivity contribution in [3.63, 3.8) is 0 Å². The molecule has 31 heavy (non-hydrogen) atoms. The van der Waals surface area contributed by atoms with Crippen LogP contribution in [0.5, 0.6) is 0 Å². The molecule has 3 atom stereocenters. The number of hydrogen-bond acceptors (Lipinski definition) is 4. The lowest BCUT2D eigenvalue weighted by Gasteiger charge is -2.42. The molecule has 0 amide bonds. The molecule has 0 aromatic carbocycles. The first-order valence-electron chi connectivity index (χ1n) is 12.8. The van der Waals surface area contributed by atoms with Gasteiger partial charge in [-0.25, -0.2) is 0 Å². The second-order valence-electron chi connectivity index (χ2n) is 9.71. The van der Waals surface area contributed by atoms with Crippen LogP contribution < -0.4 is 0 Å². The van der Waals surface area contributed by atoms with E-state index in [4.69, 9.17) is 5.11 Å². The summed E-state index contributed by atoms with van der Waals surface area (Å²) in [5.74, 6) is 1.49. The summed E-state index contributed by atoms with van der Waals surface area (Å²) < 4.78 is 0. The molecular formula is C27H46O3S. The number of carbonyl (C=O) groups excluding carboxylic acids is 1. The molecule has 2 aliphatic rings. The van der Waals surface area contributed by atoms with Gasteiger partial charge < -0.3 is 10.2 Å². The molecule has 0 heterocycles. The smallest absolute Gasteiger partial charge is 0.138 e. The van der Waals surface area contributed by atoms with E-state index in [9.17, 15) is 9.90 Å². The van der Waals surface area contributed by atoms with Crippen LogP contribution in [0.2, 0.25) is 0 Å². The molecule has 0 aromatic rings. The quantitative estimate of drug-likeness (QED) is 0.197. The highest BCUT2D eigenvalue weighted by atomic mass is 32.2. The first-order valence-corrected chi connectivity index (χ1v) is 13.9. The molecular weight excluding hydrogens is 404 g/mol. The van der Waals surface area contributed by atoms with Gasteiger partial charge in [-0.3, -0.25) is 4.79 Å². The highest BCUT2D eigenvalue weighted by Gasteiger charge is 2.40. The maximum Gasteiger partial charge on any atom is 0.138 e. The van der Waals surface area contributed by atoms with E-state index >= 15 is 0 Å². The van der Waals surface area contributed by atoms with Crippen molar-refractivity contribution >= 4 is 17.5 Å². The fourth-order valence-electron chi connectivity index (χ4n) is 5.25. The molecule has 178 valence electrons. The lowest BCUT2D eigenvalue weighted by atomic mass is 9.64. The van der Waals surface area contributed by atoms with E-state index in [1.165, 1.54) is 57.8 Å². The Balaban J connectivity index is 1.93. The lowest BCUT2D eigenvalue weighted by Crippen LogP contribution is -2.28. The van der Waals surface area contributed by atoms with Crippen molar-refractivity contribution in [3.05, 3.63) is 24.3 Å². The minimum absolute atomic E-state index is 0.0865. The Morgan fingerprint density at radius 2 is 1.87 bits per heavy atom. The SMILES string of the molecule is CCCCCCC1(C/C=C/[C@H]2[C@H](SCCO)CC(=O)[C@@H]2C/C=C\CCCCO)CCC1. The Morgan fingerprint density at radius 1 is 1.03 bits per heavy atom. The Hall–Kier alpha value is -0.580. The van der Waals surface area contributed by atoms with Gasteiger partial charge >= 0.3 is 0 Å². The Kier molecular flexibility index (Phi) is 13.2. The second-order valence-corrected chi connectivity index (χ2v) is 11.1. The van der Waals surface area contributed by atoms with Crippen molar-refractivity contribution in [2.45, 2.75) is 102 Å². The molecule has 2 aliphatic carbocycles. The van der Waals surface area contributed by atoms with Gasteiger partial charge in [0, 0.05) is 29.9 Å². The average Bonchev–Trinajstić information content (AvgIpc) is 3.04. The van der Waals surface area contributed by atoms with Gasteiger partial charge in [0.15, 0.2) is 0 Å². The summed E-state index contributed by atoms with van der Waals surface area (Å²) in [6.07, 6.45) is 25.5. The van der Waals surface area contributed by atoms with Crippen molar-refractivity contribution in [2.75, 3.05) is 19.0 Å². The van der Waals surface area contributed by atoms with Crippen LogP contribution in [-0.2, 0) is 4.79 Å². The summed E-state index contributed by atoms with van der Waals surface area (Å²) >= 11 is 1.77. The molecule has 3 nitrogen and oxygen atoms in total. The van der Waals surface area contributed by atoms with Crippen molar-refractivity contribution in [2.24, 2.45) is 17.3 Å². The summed E-state index contributed by atoms with van der Waals surface area (Å²) in [5.41, 5.74) is 0.530. The number of aliphatic hydroxyl groups is 2. The molecule has 0 bridgehead atoms. The van der Waals surface area contributed by atoms with Crippen LogP contribution in [0.25, 0.3) is 0 Å². The first-order chi connectivity index (χ1) is 15.2. The zero-order valence-electron chi connectivity index (χ0n) is 19.8. The van der Waals surface area contributed by atoms with Crippen LogP contribution in [0.15, 0.2) is 24.3 Å². The lowest BCUT2D eigenvalue weighted by molar-refractivity contribution is -0.120. The van der Waals surface area contributed by atoms with Gasteiger partial charge in [-0.2, -0.15) is 11.8 Å². The topological polar surface area (TPSA) is 57.5 Å². The van der Waals surface area contributed by atoms with Crippen LogP contribution in [0.1, 0.15) is 96.8 Å². The average molecular weight is 451 g/mol. The summed E-state index contributed by atoms with van der Waals surface area (Å²) in [5, 5.41) is 18.5. The predicted octanol–water partition coefficient (Wildman–Crippen LogP) is 6.48. The zero-order valence-corrected chi connectivity index (χ0v) is 20.6. The third kappa shape index (κ3) is 9.06. The first kappa shape index (κ1) is 26.7. The third-order valence-electron chi connectivity index (χ3n) is 7.35. The van der Waals surface area contributed by atoms with Gasteiger partial charge in [0.25, 0.3) is 0 Å². The molecule has 0 aliphatic heterocycles. The Morgan fingerprint density at radius 3 is 2.55 bits per heavy atom. The predicted molar refractivity (Wildman–Crippen MR) is 133 cm³/mol. The van der Waals surface area contributed by atoms with E-state index in [-0.39, 0.29) is 19.1 Å². The van der Waals surface area contributed by atoms with Gasteiger partial charge in [-0.1, -0.05) is 63.3 Å². The van der Waals surface area contributed by atoms with Crippen LogP contribution in [0, 0.1) is 17.3 Å². The molecule has 4 heteroatoms. The number of carbonyl (C=O) groups is 1. The molecule has 0 saturated heterocycles. The van der Waals surface area contributed by atoms with Gasteiger partial charge in [0.2, 0.25) is 0 Å². The fourth-order valence-corrected chi connectivity index (χ4v) is 6.44. The molecule has 0 aromatic heterocycles. The third-order valence-corrected chi connectivity index (χ3v) is 8.68. The molecule has 2 fully saturated rings. The van der Waals surface area contributed by atoms with Crippen LogP contribution >= 0.6 is 11.8 Å². The summed E-state index contributed by atoms with van der Waals surface area (Å²) in [6.45, 7) is 2.71. The Labute approximate surface area is 195 Å². The standard InChI is InChI=1S/C27H46O3S/c1-2-3-4-9-15-27(17-12-18-27)16-11-14-24-23(13-8-6-5-7-10-19-28)25(30)22-26(24)31-21-20-29/h6,8,11,14,23-24,26,28-29H,2-5,7,9-10,12-13,15-22H2,1H3/b8-6-,14-11+/t23-,24-,26-/m1/s1. The van der Waals surface area contributed by atoms with Crippen LogP contribution in [0.3, 0.4) is 0 Å². The zero-order chi connectivity index (χ0) is 22.4. The Bertz CT molecular complexity index is 553. The van der Waals surface area contributed by atoms with Crippen LogP contribution in [0.4, 0.5) is 0 Å². The molecule has 0 unspecified atom stereocenters. The summed E-state index contributed by atoms with van der Waals surface area (Å²) in [6, 6.07) is 0. The molecule has 0 radical (unpaired) electrons. The van der Waals surface area contributed by atoms with E-state index in [0.717, 1.165) is 25.7 Å². The number of hydrogen-bond donors (Lipinski definition) is 2. The molecule has 2 saturated carbocycles. The highest BCUT2D eigenvalue weighted by molar-refractivity contribution is 8.00. The largest absolute Gasteiger partial charge is 0.396 e. The van der Waals surface area contributed by atoms with Crippen molar-refractivity contribution < 1.29 is 15.0 Å². The number of allylic oxidation sites excluding steroid dienone is 4. The number of ketones is 1. The van der Waals surface area contributed by atoms with Gasteiger partial charge in [-0.15, -0.1) is 0 Å². The minimum Gasteiger partial charge on any atom is -0.396 e. The number of Topliss-reactive ketones (excluding diaryl/α,β-unsaturated/α-hetero) is 1. The summed E-state index contributed by atoms with van der Waals surface area (Å²) in [4.78, 5) is 12.8. The van der Waals surface area contributed by atoms with E-state index in [0.29, 0.717) is 34.5 Å². The van der Waals surface area contributed by atoms with Gasteiger partial charge in [0.05, 0.1) is 6.61 Å². The fraction of sp³-hybridized carbons (Fsp3) is 0.815. The van der Waals surface area contributed by atoms with E-state index < -0.39 is 0 Å². The van der Waals surface area contributed by atoms with E-state index in [1.807, 2.05) is 0 Å². The van der Waals surface area contributed by atoms with Crippen molar-refractivity contribution in [3.8, 4) is 0 Å². The van der Waals surface area contributed by atoms with Crippen molar-refractivity contribution in [1.29, 1.82) is 0 Å². The van der Waals surface area contributed by atoms with Crippen LogP contribution in [-0.4, -0.2) is 40.2 Å². The monoisotopic (exact) mass is 450 g/mol. The molecule has 2 N–H and O–H groups in total. The summed E-state index contributed by atoms with van der Waals surface area (Å²) in [7, 11) is 0. The van der Waals surface area contributed by atoms with Gasteiger partial charge in [0.1, 0.15) is 5.78 Å². The normalized spacial score (nSPS) is 25.6. The number of aliphatic hydroxyl groups excluding tert-OH is 2. The second kappa shape index (κ2) is 15.3. The highest BCUT2D eigenvalue weighted by Crippen LogP contribution is 2.49. The number of rotatable bonds is 17.